The Labute approximate surface area is 219 Å². The molecule has 3 N–H and O–H groups in total. The highest BCUT2D eigenvalue weighted by molar-refractivity contribution is 6.94. The molecule has 0 unspecified atom stereocenters. The van der Waals surface area contributed by atoms with Gasteiger partial charge in [-0.2, -0.15) is 5.10 Å². The van der Waals surface area contributed by atoms with Gasteiger partial charge in [0.15, 0.2) is 0 Å². The van der Waals surface area contributed by atoms with Crippen molar-refractivity contribution in [2.24, 2.45) is 0 Å². The predicted molar refractivity (Wildman–Crippen MR) is 139 cm³/mol. The fourth-order valence-electron chi connectivity index (χ4n) is 4.18. The third-order valence-electron chi connectivity index (χ3n) is 6.50. The van der Waals surface area contributed by atoms with E-state index in [1.165, 1.54) is 43.0 Å². The van der Waals surface area contributed by atoms with Crippen molar-refractivity contribution in [1.82, 2.24) is 20.1 Å². The molecule has 0 atom stereocenters. The molecule has 0 aliphatic heterocycles. The summed E-state index contributed by atoms with van der Waals surface area (Å²) >= 11 is -0.160. The summed E-state index contributed by atoms with van der Waals surface area (Å²) < 4.78 is 2.48. The molecule has 35 heavy (non-hydrogen) atoms. The van der Waals surface area contributed by atoms with Gasteiger partial charge in [0.05, 0.1) is 17.4 Å². The molecule has 5 rings (SSSR count). The van der Waals surface area contributed by atoms with Crippen LogP contribution in [0.25, 0.3) is 5.69 Å². The van der Waals surface area contributed by atoms with E-state index in [-0.39, 0.29) is 48.4 Å². The fraction of sp³-hybridized carbons (Fsp3) is 0.385. The number of hydrogen-bond acceptors (Lipinski definition) is 5. The Bertz CT molecular complexity index is 1170. The topological polar surface area (TPSA) is 103 Å². The molecule has 2 saturated carbocycles. The van der Waals surface area contributed by atoms with E-state index in [9.17, 15) is 9.59 Å². The molecule has 1 aromatic carbocycles. The van der Waals surface area contributed by atoms with Crippen LogP contribution < -0.4 is 11.1 Å². The largest absolute Gasteiger partial charge is 0.504 e. The van der Waals surface area contributed by atoms with Crippen LogP contribution in [0.5, 0.6) is 0 Å². The summed E-state index contributed by atoms with van der Waals surface area (Å²) in [6, 6.07) is 10.8. The van der Waals surface area contributed by atoms with Gasteiger partial charge in [-0.1, -0.05) is 44.2 Å². The van der Waals surface area contributed by atoms with E-state index >= 15 is 0 Å². The number of nitrogens with two attached hydrogens (primary N) is 1. The minimum absolute atomic E-state index is 0.116. The maximum atomic E-state index is 12.6. The molecule has 1 amide bonds. The van der Waals surface area contributed by atoms with Crippen molar-refractivity contribution in [2.75, 3.05) is 5.73 Å². The molecular formula is C26H30ClMgN5O2. The number of nitrogens with one attached hydrogen (secondary N) is 1. The molecule has 2 aliphatic rings. The number of aromatic nitrogens is 3. The summed E-state index contributed by atoms with van der Waals surface area (Å²) in [5, 5.41) is 7.24. The number of rotatable bonds is 6. The molecule has 2 heterocycles. The smallest absolute Gasteiger partial charge is 0.383 e. The summed E-state index contributed by atoms with van der Waals surface area (Å²) in [7, 11) is 5.82. The first-order valence-electron chi connectivity index (χ1n) is 12.2. The molecule has 0 spiro atoms. The third-order valence-corrected chi connectivity index (χ3v) is 9.07. The van der Waals surface area contributed by atoms with Crippen molar-refractivity contribution in [3.05, 3.63) is 71.2 Å². The first-order chi connectivity index (χ1) is 17.0. The first-order valence-corrected chi connectivity index (χ1v) is 15.2. The third kappa shape index (κ3) is 6.62. The highest BCUT2D eigenvalue weighted by Gasteiger charge is 2.25. The molecule has 7 nitrogen and oxygen atoms in total. The number of carbonyl (C=O) groups is 2. The minimum atomic E-state index is -0.292. The van der Waals surface area contributed by atoms with E-state index in [4.69, 9.17) is 14.8 Å². The SMILES string of the molecule is Cc1ccc(C(=O)NC2CC2)cc1-n1ncc(C(=O)c2ccccn2)c1N.[Cl][Mg][CH]1CCCCC1. The molecule has 0 bridgehead atoms. The average Bonchev–Trinajstić information content (AvgIpc) is 3.64. The summed E-state index contributed by atoms with van der Waals surface area (Å²) in [6.07, 6.45) is 12.3. The maximum absolute atomic E-state index is 12.6. The molecule has 0 saturated heterocycles. The van der Waals surface area contributed by atoms with Crippen LogP contribution in [0.1, 0.15) is 76.9 Å². The second kappa shape index (κ2) is 12.0. The van der Waals surface area contributed by atoms with Crippen LogP contribution in [0.3, 0.4) is 0 Å². The number of pyridine rings is 1. The van der Waals surface area contributed by atoms with Crippen LogP contribution >= 0.6 is 9.07 Å². The lowest BCUT2D eigenvalue weighted by Gasteiger charge is -2.17. The Morgan fingerprint density at radius 2 is 1.89 bits per heavy atom. The van der Waals surface area contributed by atoms with E-state index in [0.717, 1.165) is 22.5 Å². The number of carbonyl (C=O) groups excluding carboxylic acids is 2. The van der Waals surface area contributed by atoms with E-state index < -0.39 is 0 Å². The number of anilines is 1. The number of hydrogen-bond donors (Lipinski definition) is 2. The quantitative estimate of drug-likeness (QED) is 0.368. The minimum Gasteiger partial charge on any atom is -0.383 e. The van der Waals surface area contributed by atoms with E-state index in [1.807, 2.05) is 13.0 Å². The Morgan fingerprint density at radius 3 is 2.51 bits per heavy atom. The van der Waals surface area contributed by atoms with Gasteiger partial charge < -0.3 is 20.1 Å². The summed E-state index contributed by atoms with van der Waals surface area (Å²) in [5.41, 5.74) is 8.89. The standard InChI is InChI=1S/C20H19N5O2.C6H11.ClH.Mg/c1-12-5-6-13(20(27)24-14-7-8-14)10-17(12)25-19(21)15(11-23-25)18(26)16-4-2-3-9-22-16;1-2-4-6-5-3-1;;/h2-6,9-11,14H,7-8,21H2,1H3,(H,24,27);1H,2-6H2;1H;/q;;;+1/p-1. The van der Waals surface area contributed by atoms with Crippen molar-refractivity contribution in [3.8, 4) is 5.69 Å². The maximum Gasteiger partial charge on any atom is 0.504 e. The van der Waals surface area contributed by atoms with Gasteiger partial charge >= 0.3 is 19.3 Å². The van der Waals surface area contributed by atoms with Gasteiger partial charge in [-0.15, -0.1) is 4.05 Å². The van der Waals surface area contributed by atoms with Gasteiger partial charge in [-0.3, -0.25) is 14.6 Å². The van der Waals surface area contributed by atoms with E-state index in [1.54, 1.807) is 36.5 Å². The van der Waals surface area contributed by atoms with Gasteiger partial charge in [0.2, 0.25) is 5.78 Å². The lowest BCUT2D eigenvalue weighted by molar-refractivity contribution is 0.0950. The highest BCUT2D eigenvalue weighted by atomic mass is 35.5. The molecule has 3 aromatic rings. The Hall–Kier alpha value is -2.42. The number of amides is 1. The van der Waals surface area contributed by atoms with Crippen LogP contribution in [0.4, 0.5) is 5.82 Å². The molecule has 2 aliphatic carbocycles. The first kappa shape index (κ1) is 25.7. The van der Waals surface area contributed by atoms with Crippen molar-refractivity contribution in [3.63, 3.8) is 0 Å². The normalized spacial score (nSPS) is 15.5. The monoisotopic (exact) mass is 503 g/mol. The lowest BCUT2D eigenvalue weighted by atomic mass is 10.00. The number of aryl methyl sites for hydroxylation is 1. The zero-order chi connectivity index (χ0) is 24.8. The molecular weight excluding hydrogens is 474 g/mol. The predicted octanol–water partition coefficient (Wildman–Crippen LogP) is 4.88. The zero-order valence-electron chi connectivity index (χ0n) is 20.0. The van der Waals surface area contributed by atoms with Gasteiger partial charge in [-0.25, -0.2) is 4.68 Å². The number of nitrogen functional groups attached to an aromatic ring is 1. The van der Waals surface area contributed by atoms with Crippen LogP contribution in [-0.4, -0.2) is 51.8 Å². The molecule has 2 fully saturated rings. The fourth-order valence-corrected chi connectivity index (χ4v) is 5.99. The summed E-state index contributed by atoms with van der Waals surface area (Å²) in [4.78, 5) is 29.1. The van der Waals surface area contributed by atoms with Crippen molar-refractivity contribution >= 4 is 45.8 Å². The van der Waals surface area contributed by atoms with E-state index in [2.05, 4.69) is 15.4 Å². The van der Waals surface area contributed by atoms with Crippen molar-refractivity contribution in [2.45, 2.75) is 62.0 Å². The second-order valence-corrected chi connectivity index (χ2v) is 11.7. The van der Waals surface area contributed by atoms with Gasteiger partial charge in [0.1, 0.15) is 11.5 Å². The van der Waals surface area contributed by atoms with Crippen molar-refractivity contribution < 1.29 is 9.59 Å². The molecule has 180 valence electrons. The van der Waals surface area contributed by atoms with Crippen LogP contribution in [0.15, 0.2) is 48.8 Å². The number of halogens is 1. The van der Waals surface area contributed by atoms with E-state index in [0.29, 0.717) is 16.9 Å². The zero-order valence-corrected chi connectivity index (χ0v) is 22.2. The lowest BCUT2D eigenvalue weighted by Crippen LogP contribution is -2.25. The summed E-state index contributed by atoms with van der Waals surface area (Å²) in [6.45, 7) is 1.90. The molecule has 0 radical (unpaired) electrons. The average molecular weight is 504 g/mol. The van der Waals surface area contributed by atoms with Gasteiger partial charge in [-0.05, 0) is 49.6 Å². The van der Waals surface area contributed by atoms with Crippen LogP contribution in [-0.2, 0) is 0 Å². The van der Waals surface area contributed by atoms with Gasteiger partial charge in [0.25, 0.3) is 5.91 Å². The molecule has 9 heteroatoms. The Kier molecular flexibility index (Phi) is 8.81. The molecule has 2 aromatic heterocycles. The van der Waals surface area contributed by atoms with Gasteiger partial charge in [0, 0.05) is 17.8 Å². The summed E-state index contributed by atoms with van der Waals surface area (Å²) in [5.74, 6) is -0.192. The number of nitrogens with zero attached hydrogens (tertiary/aromatic N) is 3. The Balaban J connectivity index is 0.000000308. The van der Waals surface area contributed by atoms with Crippen LogP contribution in [0.2, 0.25) is 4.05 Å². The van der Waals surface area contributed by atoms with Crippen LogP contribution in [0, 0.1) is 6.92 Å². The highest BCUT2D eigenvalue weighted by Crippen LogP contribution is 2.28. The number of ketones is 1. The Morgan fingerprint density at radius 1 is 1.11 bits per heavy atom. The van der Waals surface area contributed by atoms with Crippen molar-refractivity contribution in [1.29, 1.82) is 0 Å². The number of benzene rings is 1. The second-order valence-electron chi connectivity index (χ2n) is 9.31.